The van der Waals surface area contributed by atoms with Crippen molar-refractivity contribution in [1.29, 1.82) is 0 Å². The predicted octanol–water partition coefficient (Wildman–Crippen LogP) is 2.17. The molecule has 0 aliphatic carbocycles. The van der Waals surface area contributed by atoms with Crippen LogP contribution < -0.4 is 5.32 Å². The third kappa shape index (κ3) is 4.72. The van der Waals surface area contributed by atoms with Crippen LogP contribution in [0.15, 0.2) is 48.8 Å². The van der Waals surface area contributed by atoms with E-state index >= 15 is 0 Å². The molecule has 0 fully saturated rings. The SMILES string of the molecule is COCC(=O)NC[C@@H](Cc1cccc(F)c1)n1cccc1. The Morgan fingerprint density at radius 2 is 2.10 bits per heavy atom. The average Bonchev–Trinajstić information content (AvgIpc) is 2.98. The number of carbonyl (C=O) groups excluding carboxylic acids is 1. The third-order valence-electron chi connectivity index (χ3n) is 3.22. The van der Waals surface area contributed by atoms with Crippen molar-refractivity contribution in [3.8, 4) is 0 Å². The number of halogens is 1. The van der Waals surface area contributed by atoms with Gasteiger partial charge in [-0.1, -0.05) is 12.1 Å². The van der Waals surface area contributed by atoms with Gasteiger partial charge in [0.05, 0.1) is 6.04 Å². The third-order valence-corrected chi connectivity index (χ3v) is 3.22. The van der Waals surface area contributed by atoms with Crippen LogP contribution in [0.3, 0.4) is 0 Å². The Hall–Kier alpha value is -2.14. The van der Waals surface area contributed by atoms with Gasteiger partial charge in [0.2, 0.25) is 5.91 Å². The van der Waals surface area contributed by atoms with Gasteiger partial charge in [-0.05, 0) is 36.2 Å². The molecule has 1 aromatic heterocycles. The zero-order valence-corrected chi connectivity index (χ0v) is 12.0. The molecule has 112 valence electrons. The van der Waals surface area contributed by atoms with Crippen molar-refractivity contribution in [2.45, 2.75) is 12.5 Å². The summed E-state index contributed by atoms with van der Waals surface area (Å²) in [6.07, 6.45) is 4.51. The maximum Gasteiger partial charge on any atom is 0.246 e. The Bertz CT molecular complexity index is 569. The lowest BCUT2D eigenvalue weighted by Gasteiger charge is -2.20. The van der Waals surface area contributed by atoms with Crippen LogP contribution in [0.4, 0.5) is 4.39 Å². The summed E-state index contributed by atoms with van der Waals surface area (Å²) >= 11 is 0. The van der Waals surface area contributed by atoms with Gasteiger partial charge in [0, 0.05) is 26.0 Å². The van der Waals surface area contributed by atoms with Crippen molar-refractivity contribution in [2.75, 3.05) is 20.3 Å². The van der Waals surface area contributed by atoms with Gasteiger partial charge in [-0.2, -0.15) is 0 Å². The monoisotopic (exact) mass is 290 g/mol. The van der Waals surface area contributed by atoms with Crippen LogP contribution in [0.2, 0.25) is 0 Å². The lowest BCUT2D eigenvalue weighted by Crippen LogP contribution is -2.33. The zero-order chi connectivity index (χ0) is 15.1. The van der Waals surface area contributed by atoms with Crippen molar-refractivity contribution < 1.29 is 13.9 Å². The quantitative estimate of drug-likeness (QED) is 0.849. The van der Waals surface area contributed by atoms with E-state index in [1.54, 1.807) is 6.07 Å². The van der Waals surface area contributed by atoms with Crippen molar-refractivity contribution in [1.82, 2.24) is 9.88 Å². The highest BCUT2D eigenvalue weighted by Gasteiger charge is 2.13. The molecule has 2 aromatic rings. The first-order valence-electron chi connectivity index (χ1n) is 6.81. The highest BCUT2D eigenvalue weighted by Crippen LogP contribution is 2.15. The van der Waals surface area contributed by atoms with Gasteiger partial charge >= 0.3 is 0 Å². The van der Waals surface area contributed by atoms with E-state index in [9.17, 15) is 9.18 Å². The number of ether oxygens (including phenoxy) is 1. The molecular formula is C16H19FN2O2. The minimum atomic E-state index is -0.248. The summed E-state index contributed by atoms with van der Waals surface area (Å²) < 4.78 is 20.1. The van der Waals surface area contributed by atoms with E-state index in [1.807, 2.05) is 35.2 Å². The molecule has 0 spiro atoms. The molecule has 0 unspecified atom stereocenters. The van der Waals surface area contributed by atoms with Crippen LogP contribution in [0, 0.1) is 5.82 Å². The minimum Gasteiger partial charge on any atom is -0.375 e. The maximum atomic E-state index is 13.3. The number of rotatable bonds is 7. The lowest BCUT2D eigenvalue weighted by molar-refractivity contribution is -0.124. The summed E-state index contributed by atoms with van der Waals surface area (Å²) in [6, 6.07) is 10.4. The molecule has 5 heteroatoms. The largest absolute Gasteiger partial charge is 0.375 e. The highest BCUT2D eigenvalue weighted by atomic mass is 19.1. The molecule has 1 aromatic carbocycles. The summed E-state index contributed by atoms with van der Waals surface area (Å²) in [5, 5.41) is 2.83. The van der Waals surface area contributed by atoms with Crippen molar-refractivity contribution >= 4 is 5.91 Å². The molecular weight excluding hydrogens is 271 g/mol. The number of benzene rings is 1. The van der Waals surface area contributed by atoms with Crippen LogP contribution in [-0.4, -0.2) is 30.7 Å². The molecule has 0 saturated heterocycles. The fourth-order valence-corrected chi connectivity index (χ4v) is 2.22. The minimum absolute atomic E-state index is 0.0302. The van der Waals surface area contributed by atoms with E-state index in [1.165, 1.54) is 19.2 Å². The summed E-state index contributed by atoms with van der Waals surface area (Å²) in [5.74, 6) is -0.406. The second kappa shape index (κ2) is 7.59. The van der Waals surface area contributed by atoms with Crippen molar-refractivity contribution in [2.24, 2.45) is 0 Å². The fraction of sp³-hybridized carbons (Fsp3) is 0.312. The summed E-state index contributed by atoms with van der Waals surface area (Å²) in [7, 11) is 1.48. The second-order valence-electron chi connectivity index (χ2n) is 4.86. The molecule has 1 atom stereocenters. The molecule has 0 bridgehead atoms. The van der Waals surface area contributed by atoms with Crippen LogP contribution in [0.5, 0.6) is 0 Å². The van der Waals surface area contributed by atoms with E-state index in [2.05, 4.69) is 5.32 Å². The smallest absolute Gasteiger partial charge is 0.246 e. The Labute approximate surface area is 123 Å². The van der Waals surface area contributed by atoms with E-state index in [0.29, 0.717) is 13.0 Å². The van der Waals surface area contributed by atoms with Gasteiger partial charge in [0.1, 0.15) is 12.4 Å². The first-order chi connectivity index (χ1) is 10.2. The Balaban J connectivity index is 2.04. The number of nitrogens with zero attached hydrogens (tertiary/aromatic N) is 1. The summed E-state index contributed by atoms with van der Waals surface area (Å²) in [6.45, 7) is 0.506. The number of nitrogens with one attached hydrogen (secondary N) is 1. The van der Waals surface area contributed by atoms with E-state index < -0.39 is 0 Å². The standard InChI is InChI=1S/C16H19FN2O2/c1-21-12-16(20)18-11-15(19-7-2-3-8-19)10-13-5-4-6-14(17)9-13/h2-9,15H,10-12H2,1H3,(H,18,20)/t15-/m1/s1. The average molecular weight is 290 g/mol. The number of methoxy groups -OCH3 is 1. The molecule has 0 saturated carbocycles. The van der Waals surface area contributed by atoms with Gasteiger partial charge in [-0.15, -0.1) is 0 Å². The van der Waals surface area contributed by atoms with Gasteiger partial charge < -0.3 is 14.6 Å². The molecule has 1 heterocycles. The molecule has 4 nitrogen and oxygen atoms in total. The van der Waals surface area contributed by atoms with Crippen LogP contribution in [0.1, 0.15) is 11.6 Å². The number of hydrogen-bond acceptors (Lipinski definition) is 2. The second-order valence-corrected chi connectivity index (χ2v) is 4.86. The lowest BCUT2D eigenvalue weighted by atomic mass is 10.1. The Morgan fingerprint density at radius 3 is 2.76 bits per heavy atom. The van der Waals surface area contributed by atoms with Crippen molar-refractivity contribution in [3.05, 3.63) is 60.2 Å². The number of hydrogen-bond donors (Lipinski definition) is 1. The number of amides is 1. The fourth-order valence-electron chi connectivity index (χ4n) is 2.22. The topological polar surface area (TPSA) is 43.3 Å². The van der Waals surface area contributed by atoms with Gasteiger partial charge in [0.25, 0.3) is 0 Å². The maximum absolute atomic E-state index is 13.3. The van der Waals surface area contributed by atoms with Crippen LogP contribution in [-0.2, 0) is 16.0 Å². The molecule has 1 amide bonds. The Kier molecular flexibility index (Phi) is 5.51. The van der Waals surface area contributed by atoms with E-state index in [4.69, 9.17) is 4.74 Å². The highest BCUT2D eigenvalue weighted by molar-refractivity contribution is 5.77. The van der Waals surface area contributed by atoms with Crippen LogP contribution in [0.25, 0.3) is 0 Å². The summed E-state index contributed by atoms with van der Waals surface area (Å²) in [5.41, 5.74) is 0.898. The van der Waals surface area contributed by atoms with E-state index in [-0.39, 0.29) is 24.4 Å². The first-order valence-corrected chi connectivity index (χ1v) is 6.81. The normalized spacial score (nSPS) is 12.1. The molecule has 21 heavy (non-hydrogen) atoms. The number of aromatic nitrogens is 1. The van der Waals surface area contributed by atoms with Gasteiger partial charge in [0.15, 0.2) is 0 Å². The van der Waals surface area contributed by atoms with Crippen molar-refractivity contribution in [3.63, 3.8) is 0 Å². The summed E-state index contributed by atoms with van der Waals surface area (Å²) in [4.78, 5) is 11.5. The van der Waals surface area contributed by atoms with Gasteiger partial charge in [-0.25, -0.2) is 4.39 Å². The molecule has 2 rings (SSSR count). The molecule has 0 radical (unpaired) electrons. The molecule has 1 N–H and O–H groups in total. The molecule has 0 aliphatic heterocycles. The van der Waals surface area contributed by atoms with E-state index in [0.717, 1.165) is 5.56 Å². The zero-order valence-electron chi connectivity index (χ0n) is 12.0. The van der Waals surface area contributed by atoms with Gasteiger partial charge in [-0.3, -0.25) is 4.79 Å². The van der Waals surface area contributed by atoms with Crippen LogP contribution >= 0.6 is 0 Å². The number of carbonyl (C=O) groups is 1. The molecule has 0 aliphatic rings. The predicted molar refractivity (Wildman–Crippen MR) is 78.5 cm³/mol. The Morgan fingerprint density at radius 1 is 1.33 bits per heavy atom. The first kappa shape index (κ1) is 15.3.